The Morgan fingerprint density at radius 1 is 1.17 bits per heavy atom. The normalized spacial score (nSPS) is 17.2. The molecule has 1 unspecified atom stereocenters. The molecule has 0 radical (unpaired) electrons. The van der Waals surface area contributed by atoms with Crippen LogP contribution < -0.4 is 0 Å². The number of aryl methyl sites for hydroxylation is 2. The van der Waals surface area contributed by atoms with E-state index in [0.29, 0.717) is 12.3 Å². The number of rotatable bonds is 3. The van der Waals surface area contributed by atoms with E-state index in [-0.39, 0.29) is 11.6 Å². The largest absolute Gasteiger partial charge is 0.344 e. The molecule has 1 aliphatic carbocycles. The van der Waals surface area contributed by atoms with Crippen LogP contribution in [0.1, 0.15) is 30.2 Å². The molecule has 2 nitrogen and oxygen atoms in total. The fourth-order valence-corrected chi connectivity index (χ4v) is 3.89. The smallest absolute Gasteiger partial charge is 0.141 e. The van der Waals surface area contributed by atoms with Crippen LogP contribution in [0.3, 0.4) is 0 Å². The fraction of sp³-hybridized carbons (Fsp3) is 0.350. The van der Waals surface area contributed by atoms with E-state index in [9.17, 15) is 8.78 Å². The van der Waals surface area contributed by atoms with Gasteiger partial charge in [-0.2, -0.15) is 0 Å². The average Bonchev–Trinajstić information content (AvgIpc) is 2.85. The second-order valence-corrected chi connectivity index (χ2v) is 6.85. The second kappa shape index (κ2) is 6.00. The summed E-state index contributed by atoms with van der Waals surface area (Å²) in [6.45, 7) is 3.01. The van der Waals surface area contributed by atoms with Crippen LogP contribution in [0, 0.1) is 17.6 Å². The maximum Gasteiger partial charge on any atom is 0.141 e. The van der Waals surface area contributed by atoms with Gasteiger partial charge < -0.3 is 4.57 Å². The second-order valence-electron chi connectivity index (χ2n) is 6.85. The van der Waals surface area contributed by atoms with E-state index >= 15 is 0 Å². The van der Waals surface area contributed by atoms with Crippen LogP contribution >= 0.6 is 0 Å². The first kappa shape index (κ1) is 15.3. The summed E-state index contributed by atoms with van der Waals surface area (Å²) in [5.41, 5.74) is 4.58. The number of benzene rings is 1. The van der Waals surface area contributed by atoms with Gasteiger partial charge in [0.05, 0.1) is 6.20 Å². The van der Waals surface area contributed by atoms with Gasteiger partial charge in [-0.15, -0.1) is 0 Å². The average molecular weight is 326 g/mol. The van der Waals surface area contributed by atoms with Gasteiger partial charge in [-0.25, -0.2) is 8.78 Å². The zero-order valence-corrected chi connectivity index (χ0v) is 13.7. The number of halogens is 2. The van der Waals surface area contributed by atoms with Crippen LogP contribution in [0.2, 0.25) is 0 Å². The molecule has 24 heavy (non-hydrogen) atoms. The quantitative estimate of drug-likeness (QED) is 0.683. The molecule has 1 aliphatic rings. The number of hydrogen-bond donors (Lipinski definition) is 0. The monoisotopic (exact) mass is 326 g/mol. The first-order valence-electron chi connectivity index (χ1n) is 8.51. The number of aromatic nitrogens is 2. The lowest BCUT2D eigenvalue weighted by molar-refractivity contribution is 0.484. The minimum absolute atomic E-state index is 0.185. The summed E-state index contributed by atoms with van der Waals surface area (Å²) in [6, 6.07) is 6.59. The topological polar surface area (TPSA) is 17.8 Å². The zero-order chi connectivity index (χ0) is 16.7. The molecule has 0 saturated carbocycles. The molecule has 0 saturated heterocycles. The predicted molar refractivity (Wildman–Crippen MR) is 91.0 cm³/mol. The Balaban J connectivity index is 1.74. The first-order valence-corrected chi connectivity index (χ1v) is 8.51. The Labute approximate surface area is 140 Å². The van der Waals surface area contributed by atoms with Crippen LogP contribution in [0.25, 0.3) is 10.9 Å². The third kappa shape index (κ3) is 2.70. The van der Waals surface area contributed by atoms with Gasteiger partial charge in [-0.3, -0.25) is 4.98 Å². The third-order valence-corrected chi connectivity index (χ3v) is 5.06. The molecule has 4 rings (SSSR count). The van der Waals surface area contributed by atoms with Crippen LogP contribution in [0.5, 0.6) is 0 Å². The highest BCUT2D eigenvalue weighted by Gasteiger charge is 2.23. The molecule has 1 aromatic carbocycles. The summed E-state index contributed by atoms with van der Waals surface area (Å²) >= 11 is 0. The SMILES string of the molecule is CC1CCc2c(c3cc(F)ccc3n2CCc2cncc(F)c2)C1. The molecular weight excluding hydrogens is 306 g/mol. The van der Waals surface area contributed by atoms with Gasteiger partial charge in [0.1, 0.15) is 11.6 Å². The molecular formula is C20H20F2N2. The molecule has 0 amide bonds. The van der Waals surface area contributed by atoms with Gasteiger partial charge in [0.15, 0.2) is 0 Å². The maximum absolute atomic E-state index is 13.7. The summed E-state index contributed by atoms with van der Waals surface area (Å²) in [4.78, 5) is 3.92. The Hall–Kier alpha value is -2.23. The molecule has 0 fully saturated rings. The maximum atomic E-state index is 13.7. The lowest BCUT2D eigenvalue weighted by Crippen LogP contribution is -2.14. The third-order valence-electron chi connectivity index (χ3n) is 5.06. The Morgan fingerprint density at radius 3 is 2.88 bits per heavy atom. The van der Waals surface area contributed by atoms with Gasteiger partial charge in [0.25, 0.3) is 0 Å². The Bertz CT molecular complexity index is 898. The molecule has 0 bridgehead atoms. The number of nitrogens with zero attached hydrogens (tertiary/aromatic N) is 2. The number of hydrogen-bond acceptors (Lipinski definition) is 1. The van der Waals surface area contributed by atoms with Gasteiger partial charge in [0.2, 0.25) is 0 Å². The van der Waals surface area contributed by atoms with Crippen molar-refractivity contribution in [3.63, 3.8) is 0 Å². The summed E-state index contributed by atoms with van der Waals surface area (Å²) in [5.74, 6) is 0.144. The van der Waals surface area contributed by atoms with Crippen LogP contribution in [0.4, 0.5) is 8.78 Å². The van der Waals surface area contributed by atoms with E-state index < -0.39 is 0 Å². The van der Waals surface area contributed by atoms with E-state index in [0.717, 1.165) is 42.3 Å². The van der Waals surface area contributed by atoms with E-state index in [4.69, 9.17) is 0 Å². The number of fused-ring (bicyclic) bond motifs is 3. The molecule has 0 aliphatic heterocycles. The molecule has 2 heterocycles. The molecule has 2 aromatic heterocycles. The summed E-state index contributed by atoms with van der Waals surface area (Å²) < 4.78 is 29.4. The van der Waals surface area contributed by atoms with Gasteiger partial charge >= 0.3 is 0 Å². The Kier molecular flexibility index (Phi) is 3.83. The lowest BCUT2D eigenvalue weighted by Gasteiger charge is -2.21. The fourth-order valence-electron chi connectivity index (χ4n) is 3.89. The van der Waals surface area contributed by atoms with Gasteiger partial charge in [0, 0.05) is 29.3 Å². The van der Waals surface area contributed by atoms with Crippen LogP contribution in [0.15, 0.2) is 36.7 Å². The van der Waals surface area contributed by atoms with Crippen molar-refractivity contribution in [1.29, 1.82) is 0 Å². The zero-order valence-electron chi connectivity index (χ0n) is 13.7. The van der Waals surface area contributed by atoms with Gasteiger partial charge in [-0.1, -0.05) is 6.92 Å². The van der Waals surface area contributed by atoms with E-state index in [1.165, 1.54) is 29.6 Å². The standard InChI is InChI=1S/C20H20F2N2/c1-13-2-4-19-17(8-13)18-10-15(21)3-5-20(18)24(19)7-6-14-9-16(22)12-23-11-14/h3,5,9-13H,2,4,6-8H2,1H3. The molecule has 0 spiro atoms. The van der Waals surface area contributed by atoms with Crippen molar-refractivity contribution in [3.8, 4) is 0 Å². The van der Waals surface area contributed by atoms with Crippen molar-refractivity contribution in [2.24, 2.45) is 5.92 Å². The highest BCUT2D eigenvalue weighted by molar-refractivity contribution is 5.86. The van der Waals surface area contributed by atoms with Crippen LogP contribution in [-0.2, 0) is 25.8 Å². The number of pyridine rings is 1. The molecule has 124 valence electrons. The molecule has 4 heteroatoms. The van der Waals surface area contributed by atoms with E-state index in [2.05, 4.69) is 16.5 Å². The van der Waals surface area contributed by atoms with Crippen molar-refractivity contribution in [1.82, 2.24) is 9.55 Å². The Morgan fingerprint density at radius 2 is 2.04 bits per heavy atom. The van der Waals surface area contributed by atoms with E-state index in [1.54, 1.807) is 12.3 Å². The predicted octanol–water partition coefficient (Wildman–Crippen LogP) is 4.68. The first-order chi connectivity index (χ1) is 11.6. The molecule has 1 atom stereocenters. The lowest BCUT2D eigenvalue weighted by atomic mass is 9.87. The van der Waals surface area contributed by atoms with Crippen molar-refractivity contribution < 1.29 is 8.78 Å². The van der Waals surface area contributed by atoms with Crippen molar-refractivity contribution in [2.45, 2.75) is 39.2 Å². The van der Waals surface area contributed by atoms with Crippen LogP contribution in [-0.4, -0.2) is 9.55 Å². The highest BCUT2D eigenvalue weighted by Crippen LogP contribution is 2.34. The minimum atomic E-state index is -0.303. The highest BCUT2D eigenvalue weighted by atomic mass is 19.1. The van der Waals surface area contributed by atoms with Gasteiger partial charge in [-0.05, 0) is 67.0 Å². The van der Waals surface area contributed by atoms with Crippen molar-refractivity contribution >= 4 is 10.9 Å². The molecule has 3 aromatic rings. The minimum Gasteiger partial charge on any atom is -0.344 e. The summed E-state index contributed by atoms with van der Waals surface area (Å²) in [7, 11) is 0. The summed E-state index contributed by atoms with van der Waals surface area (Å²) in [6.07, 6.45) is 6.84. The summed E-state index contributed by atoms with van der Waals surface area (Å²) in [5, 5.41) is 1.04. The van der Waals surface area contributed by atoms with Crippen molar-refractivity contribution in [3.05, 3.63) is 65.1 Å². The molecule has 0 N–H and O–H groups in total. The van der Waals surface area contributed by atoms with Crippen molar-refractivity contribution in [2.75, 3.05) is 0 Å². The van der Waals surface area contributed by atoms with E-state index in [1.807, 2.05) is 6.07 Å².